The van der Waals surface area contributed by atoms with Crippen molar-refractivity contribution >= 4 is 23.5 Å². The number of hydrogen-bond donors (Lipinski definition) is 2. The number of hydrogen-bond acceptors (Lipinski definition) is 4. The number of carbonyl (C=O) groups excluding carboxylic acids is 3. The number of allylic oxidation sites excluding steroid dienone is 1. The van der Waals surface area contributed by atoms with E-state index in [9.17, 15) is 14.4 Å². The molecule has 1 heterocycles. The van der Waals surface area contributed by atoms with E-state index in [0.29, 0.717) is 11.4 Å². The lowest BCUT2D eigenvalue weighted by Gasteiger charge is -2.25. The Hall–Kier alpha value is -2.63. The van der Waals surface area contributed by atoms with Crippen LogP contribution < -0.4 is 10.6 Å². The maximum absolute atomic E-state index is 12.6. The normalized spacial score (nSPS) is 17.6. The molecule has 1 unspecified atom stereocenters. The summed E-state index contributed by atoms with van der Waals surface area (Å²) in [6, 6.07) is 5.70. The smallest absolute Gasteiger partial charge is 0.336 e. The zero-order valence-corrected chi connectivity index (χ0v) is 13.6. The van der Waals surface area contributed by atoms with E-state index in [1.54, 1.807) is 6.92 Å². The maximum atomic E-state index is 12.6. The van der Waals surface area contributed by atoms with Crippen LogP contribution in [0.15, 0.2) is 29.5 Å². The Morgan fingerprint density at radius 3 is 2.61 bits per heavy atom. The largest absolute Gasteiger partial charge is 0.466 e. The summed E-state index contributed by atoms with van der Waals surface area (Å²) in [5.41, 5.74) is 3.13. The summed E-state index contributed by atoms with van der Waals surface area (Å²) in [4.78, 5) is 36.3. The molecule has 0 bridgehead atoms. The van der Waals surface area contributed by atoms with Gasteiger partial charge < -0.3 is 15.4 Å². The summed E-state index contributed by atoms with van der Waals surface area (Å²) >= 11 is 0. The van der Waals surface area contributed by atoms with Gasteiger partial charge >= 0.3 is 5.97 Å². The topological polar surface area (TPSA) is 84.5 Å². The zero-order valence-electron chi connectivity index (χ0n) is 13.6. The second kappa shape index (κ2) is 6.64. The molecule has 0 fully saturated rings. The average molecular weight is 316 g/mol. The third-order valence-electron chi connectivity index (χ3n) is 3.84. The van der Waals surface area contributed by atoms with Gasteiger partial charge in [-0.2, -0.15) is 0 Å². The monoisotopic (exact) mass is 316 g/mol. The Morgan fingerprint density at radius 1 is 1.26 bits per heavy atom. The Kier molecular flexibility index (Phi) is 4.83. The van der Waals surface area contributed by atoms with Gasteiger partial charge in [0.15, 0.2) is 0 Å². The third kappa shape index (κ3) is 3.59. The molecule has 2 amide bonds. The van der Waals surface area contributed by atoms with E-state index in [-0.39, 0.29) is 17.9 Å². The minimum atomic E-state index is -0.865. The maximum Gasteiger partial charge on any atom is 0.336 e. The summed E-state index contributed by atoms with van der Waals surface area (Å²) in [5.74, 6) is -2.16. The van der Waals surface area contributed by atoms with E-state index in [0.717, 1.165) is 11.1 Å². The van der Waals surface area contributed by atoms with Crippen LogP contribution in [0.5, 0.6) is 0 Å². The van der Waals surface area contributed by atoms with Crippen molar-refractivity contribution < 1.29 is 19.1 Å². The number of rotatable bonds is 3. The van der Waals surface area contributed by atoms with Crippen LogP contribution in [-0.4, -0.2) is 24.9 Å². The number of benzene rings is 1. The fraction of sp³-hybridized carbons (Fsp3) is 0.353. The minimum Gasteiger partial charge on any atom is -0.466 e. The quantitative estimate of drug-likeness (QED) is 0.833. The summed E-state index contributed by atoms with van der Waals surface area (Å²) in [7, 11) is 1.25. The summed E-state index contributed by atoms with van der Waals surface area (Å²) in [6.45, 7) is 5.39. The van der Waals surface area contributed by atoms with E-state index < -0.39 is 17.8 Å². The fourth-order valence-electron chi connectivity index (χ4n) is 2.60. The molecule has 0 aromatic heterocycles. The number of methoxy groups -OCH3 is 1. The molecule has 0 saturated heterocycles. The highest BCUT2D eigenvalue weighted by Crippen LogP contribution is 2.26. The van der Waals surface area contributed by atoms with Crippen LogP contribution in [0.1, 0.15) is 24.5 Å². The lowest BCUT2D eigenvalue weighted by molar-refractivity contribution is -0.139. The van der Waals surface area contributed by atoms with E-state index in [4.69, 9.17) is 4.74 Å². The van der Waals surface area contributed by atoms with Gasteiger partial charge in [-0.25, -0.2) is 4.79 Å². The Bertz CT molecular complexity index is 707. The molecule has 6 heteroatoms. The number of esters is 1. The van der Waals surface area contributed by atoms with Crippen molar-refractivity contribution in [3.05, 3.63) is 40.6 Å². The Labute approximate surface area is 134 Å². The first kappa shape index (κ1) is 16.7. The summed E-state index contributed by atoms with van der Waals surface area (Å²) in [6.07, 6.45) is -0.0849. The summed E-state index contributed by atoms with van der Waals surface area (Å²) in [5, 5.41) is 5.38. The van der Waals surface area contributed by atoms with Crippen molar-refractivity contribution in [2.24, 2.45) is 5.92 Å². The highest BCUT2D eigenvalue weighted by Gasteiger charge is 2.36. The van der Waals surface area contributed by atoms with Gasteiger partial charge in [0.05, 0.1) is 18.6 Å². The molecule has 1 aromatic rings. The van der Waals surface area contributed by atoms with Crippen LogP contribution in [0.25, 0.3) is 0 Å². The molecule has 1 aliphatic heterocycles. The van der Waals surface area contributed by atoms with E-state index in [1.165, 1.54) is 7.11 Å². The molecule has 0 spiro atoms. The van der Waals surface area contributed by atoms with Gasteiger partial charge in [-0.1, -0.05) is 12.1 Å². The molecule has 1 aliphatic rings. The van der Waals surface area contributed by atoms with Crippen LogP contribution in [-0.2, 0) is 19.1 Å². The van der Waals surface area contributed by atoms with Gasteiger partial charge in [-0.05, 0) is 38.0 Å². The van der Waals surface area contributed by atoms with Gasteiger partial charge in [0.25, 0.3) is 0 Å². The number of ether oxygens (including phenoxy) is 1. The van der Waals surface area contributed by atoms with Crippen molar-refractivity contribution in [3.63, 3.8) is 0 Å². The average Bonchev–Trinajstić information content (AvgIpc) is 2.49. The first-order valence-electron chi connectivity index (χ1n) is 7.30. The van der Waals surface area contributed by atoms with Gasteiger partial charge in [-0.3, -0.25) is 9.59 Å². The number of aryl methyl sites for hydroxylation is 2. The zero-order chi connectivity index (χ0) is 17.1. The SMILES string of the molecule is COC(=O)C1=C(C)NC(=O)CC1C(=O)Nc1cc(C)ccc1C. The van der Waals surface area contributed by atoms with Crippen LogP contribution in [0, 0.1) is 19.8 Å². The predicted octanol–water partition coefficient (Wildman–Crippen LogP) is 1.83. The van der Waals surface area contributed by atoms with Gasteiger partial charge in [-0.15, -0.1) is 0 Å². The standard InChI is InChI=1S/C17H20N2O4/c1-9-5-6-10(2)13(7-9)19-16(21)12-8-14(20)18-11(3)15(12)17(22)23-4/h5-7,12H,8H2,1-4H3,(H,18,20)(H,19,21). The van der Waals surface area contributed by atoms with Crippen molar-refractivity contribution in [2.45, 2.75) is 27.2 Å². The van der Waals surface area contributed by atoms with Gasteiger partial charge in [0, 0.05) is 17.8 Å². The molecule has 1 aromatic carbocycles. The second-order valence-corrected chi connectivity index (χ2v) is 5.64. The molecule has 0 radical (unpaired) electrons. The Balaban J connectivity index is 2.32. The lowest BCUT2D eigenvalue weighted by atomic mass is 9.89. The lowest BCUT2D eigenvalue weighted by Crippen LogP contribution is -2.40. The number of carbonyl (C=O) groups is 3. The number of amides is 2. The highest BCUT2D eigenvalue weighted by atomic mass is 16.5. The summed E-state index contributed by atoms with van der Waals surface area (Å²) < 4.78 is 4.74. The van der Waals surface area contributed by atoms with Crippen LogP contribution in [0.2, 0.25) is 0 Å². The molecule has 2 rings (SSSR count). The first-order valence-corrected chi connectivity index (χ1v) is 7.30. The molecule has 6 nitrogen and oxygen atoms in total. The molecule has 122 valence electrons. The molecule has 23 heavy (non-hydrogen) atoms. The van der Waals surface area contributed by atoms with Crippen molar-refractivity contribution in [2.75, 3.05) is 12.4 Å². The molecule has 0 aliphatic carbocycles. The number of nitrogens with one attached hydrogen (secondary N) is 2. The van der Waals surface area contributed by atoms with Crippen molar-refractivity contribution in [1.29, 1.82) is 0 Å². The van der Waals surface area contributed by atoms with Gasteiger partial charge in [0.2, 0.25) is 11.8 Å². The van der Waals surface area contributed by atoms with Crippen LogP contribution in [0.3, 0.4) is 0 Å². The highest BCUT2D eigenvalue weighted by molar-refractivity contribution is 6.06. The minimum absolute atomic E-state index is 0.0849. The van der Waals surface area contributed by atoms with E-state index >= 15 is 0 Å². The molecular weight excluding hydrogens is 296 g/mol. The second-order valence-electron chi connectivity index (χ2n) is 5.64. The predicted molar refractivity (Wildman–Crippen MR) is 85.5 cm³/mol. The van der Waals surface area contributed by atoms with Crippen molar-refractivity contribution in [1.82, 2.24) is 5.32 Å². The first-order chi connectivity index (χ1) is 10.8. The fourth-order valence-corrected chi connectivity index (χ4v) is 2.60. The van der Waals surface area contributed by atoms with Crippen LogP contribution in [0.4, 0.5) is 5.69 Å². The van der Waals surface area contributed by atoms with Crippen molar-refractivity contribution in [3.8, 4) is 0 Å². The molecule has 1 atom stereocenters. The third-order valence-corrected chi connectivity index (χ3v) is 3.84. The molecule has 0 saturated carbocycles. The van der Waals surface area contributed by atoms with E-state index in [1.807, 2.05) is 32.0 Å². The molecular formula is C17H20N2O4. The van der Waals surface area contributed by atoms with Crippen LogP contribution >= 0.6 is 0 Å². The van der Waals surface area contributed by atoms with E-state index in [2.05, 4.69) is 10.6 Å². The molecule has 2 N–H and O–H groups in total. The Morgan fingerprint density at radius 2 is 1.96 bits per heavy atom. The number of anilines is 1. The van der Waals surface area contributed by atoms with Gasteiger partial charge in [0.1, 0.15) is 0 Å².